The lowest BCUT2D eigenvalue weighted by molar-refractivity contribution is 0.0951. The predicted molar refractivity (Wildman–Crippen MR) is 114 cm³/mol. The average Bonchev–Trinajstić information content (AvgIpc) is 3.17. The minimum absolute atomic E-state index is 0.0660. The Bertz CT molecular complexity index is 946. The summed E-state index contributed by atoms with van der Waals surface area (Å²) < 4.78 is 6.51. The summed E-state index contributed by atoms with van der Waals surface area (Å²) in [5.41, 5.74) is 2.68. The first-order chi connectivity index (χ1) is 13.7. The molecule has 1 N–H and O–H groups in total. The highest BCUT2D eigenvalue weighted by atomic mass is 32.1. The highest BCUT2D eigenvalue weighted by Crippen LogP contribution is 2.31. The summed E-state index contributed by atoms with van der Waals surface area (Å²) in [6, 6.07) is 13.6. The van der Waals surface area contributed by atoms with Crippen LogP contribution in [0.4, 0.5) is 5.13 Å². The molecule has 1 aromatic heterocycles. The molecule has 0 atom stereocenters. The number of nitrogens with zero attached hydrogens (tertiary/aromatic N) is 2. The Hall–Kier alpha value is -2.60. The number of ether oxygens (including phenoxy) is 1. The second kappa shape index (κ2) is 8.61. The standard InChI is InChI=1S/C22H25N3O2S/c1-2-27-18-9-6-16(7-10-18)15-23-21(26)17-8-11-19-20(14-17)28-22(24-19)25-12-4-3-5-13-25/h6-11,14H,2-5,12-13,15H2,1H3,(H,23,26). The van der Waals surface area contributed by atoms with Crippen LogP contribution in [0.2, 0.25) is 0 Å². The van der Waals surface area contributed by atoms with Gasteiger partial charge < -0.3 is 15.0 Å². The van der Waals surface area contributed by atoms with Gasteiger partial charge in [-0.1, -0.05) is 23.5 Å². The molecule has 6 heteroatoms. The number of piperidine rings is 1. The van der Waals surface area contributed by atoms with Crippen LogP contribution < -0.4 is 15.0 Å². The second-order valence-corrected chi connectivity index (χ2v) is 8.00. The number of carbonyl (C=O) groups excluding carboxylic acids is 1. The second-order valence-electron chi connectivity index (χ2n) is 6.99. The van der Waals surface area contributed by atoms with E-state index in [1.807, 2.05) is 49.4 Å². The van der Waals surface area contributed by atoms with Gasteiger partial charge in [-0.25, -0.2) is 4.98 Å². The minimum Gasteiger partial charge on any atom is -0.494 e. The monoisotopic (exact) mass is 395 g/mol. The quantitative estimate of drug-likeness (QED) is 0.662. The third-order valence-corrected chi connectivity index (χ3v) is 6.03. The molecule has 5 nitrogen and oxygen atoms in total. The lowest BCUT2D eigenvalue weighted by Crippen LogP contribution is -2.29. The maximum atomic E-state index is 12.6. The minimum atomic E-state index is -0.0660. The van der Waals surface area contributed by atoms with Gasteiger partial charge in [0.05, 0.1) is 16.8 Å². The molecular weight excluding hydrogens is 370 g/mol. The summed E-state index contributed by atoms with van der Waals surface area (Å²) in [6.45, 7) is 5.26. The van der Waals surface area contributed by atoms with Crippen LogP contribution in [0, 0.1) is 0 Å². The van der Waals surface area contributed by atoms with Crippen LogP contribution in [0.3, 0.4) is 0 Å². The number of benzene rings is 2. The lowest BCUT2D eigenvalue weighted by Gasteiger charge is -2.25. The third-order valence-electron chi connectivity index (χ3n) is 4.95. The van der Waals surface area contributed by atoms with Gasteiger partial charge in [-0.15, -0.1) is 0 Å². The summed E-state index contributed by atoms with van der Waals surface area (Å²) in [7, 11) is 0. The van der Waals surface area contributed by atoms with Crippen molar-refractivity contribution in [2.24, 2.45) is 0 Å². The molecular formula is C22H25N3O2S. The van der Waals surface area contributed by atoms with E-state index >= 15 is 0 Å². The molecule has 4 rings (SSSR count). The van der Waals surface area contributed by atoms with E-state index in [2.05, 4.69) is 10.2 Å². The molecule has 3 aromatic rings. The largest absolute Gasteiger partial charge is 0.494 e. The third kappa shape index (κ3) is 4.28. The lowest BCUT2D eigenvalue weighted by atomic mass is 10.1. The number of hydrogen-bond donors (Lipinski definition) is 1. The smallest absolute Gasteiger partial charge is 0.251 e. The van der Waals surface area contributed by atoms with E-state index in [1.165, 1.54) is 19.3 Å². The van der Waals surface area contributed by atoms with Crippen LogP contribution in [0.25, 0.3) is 10.2 Å². The summed E-state index contributed by atoms with van der Waals surface area (Å²) in [5.74, 6) is 0.779. The molecule has 0 radical (unpaired) electrons. The predicted octanol–water partition coefficient (Wildman–Crippen LogP) is 4.62. The summed E-state index contributed by atoms with van der Waals surface area (Å²) in [5, 5.41) is 4.07. The van der Waals surface area contributed by atoms with Crippen LogP contribution in [-0.2, 0) is 6.54 Å². The molecule has 0 unspecified atom stereocenters. The molecule has 1 aliphatic heterocycles. The summed E-state index contributed by atoms with van der Waals surface area (Å²) in [6.07, 6.45) is 3.77. The van der Waals surface area contributed by atoms with Gasteiger partial charge in [0, 0.05) is 25.2 Å². The number of fused-ring (bicyclic) bond motifs is 1. The van der Waals surface area contributed by atoms with Crippen molar-refractivity contribution in [2.75, 3.05) is 24.6 Å². The maximum Gasteiger partial charge on any atom is 0.251 e. The molecule has 0 saturated carbocycles. The van der Waals surface area contributed by atoms with Crippen molar-refractivity contribution in [3.8, 4) is 5.75 Å². The molecule has 0 spiro atoms. The van der Waals surface area contributed by atoms with E-state index in [1.54, 1.807) is 11.3 Å². The van der Waals surface area contributed by atoms with Gasteiger partial charge in [-0.2, -0.15) is 0 Å². The Morgan fingerprint density at radius 2 is 1.93 bits per heavy atom. The van der Waals surface area contributed by atoms with Gasteiger partial charge in [-0.05, 0) is 62.1 Å². The number of nitrogens with one attached hydrogen (secondary N) is 1. The Morgan fingerprint density at radius 3 is 2.68 bits per heavy atom. The SMILES string of the molecule is CCOc1ccc(CNC(=O)c2ccc3nc(N4CCCCC4)sc3c2)cc1. The van der Waals surface area contributed by atoms with Crippen LogP contribution in [0.15, 0.2) is 42.5 Å². The normalized spacial score (nSPS) is 14.2. The Morgan fingerprint density at radius 1 is 1.14 bits per heavy atom. The number of thiazole rings is 1. The number of anilines is 1. The topological polar surface area (TPSA) is 54.5 Å². The average molecular weight is 396 g/mol. The van der Waals surface area contributed by atoms with Gasteiger partial charge in [0.15, 0.2) is 5.13 Å². The van der Waals surface area contributed by atoms with Crippen molar-refractivity contribution >= 4 is 32.6 Å². The highest BCUT2D eigenvalue weighted by molar-refractivity contribution is 7.22. The van der Waals surface area contributed by atoms with E-state index in [4.69, 9.17) is 9.72 Å². The number of rotatable bonds is 6. The maximum absolute atomic E-state index is 12.6. The fourth-order valence-electron chi connectivity index (χ4n) is 3.43. The van der Waals surface area contributed by atoms with Crippen LogP contribution in [0.1, 0.15) is 42.1 Å². The first-order valence-corrected chi connectivity index (χ1v) is 10.7. The molecule has 2 heterocycles. The number of carbonyl (C=O) groups is 1. The Kier molecular flexibility index (Phi) is 5.76. The van der Waals surface area contributed by atoms with E-state index in [9.17, 15) is 4.79 Å². The van der Waals surface area contributed by atoms with Crippen LogP contribution in [-0.4, -0.2) is 30.6 Å². The number of hydrogen-bond acceptors (Lipinski definition) is 5. The van der Waals surface area contributed by atoms with E-state index < -0.39 is 0 Å². The molecule has 2 aromatic carbocycles. The van der Waals surface area contributed by atoms with Gasteiger partial charge in [0.2, 0.25) is 0 Å². The molecule has 1 saturated heterocycles. The Balaban J connectivity index is 1.42. The molecule has 28 heavy (non-hydrogen) atoms. The molecule has 0 bridgehead atoms. The van der Waals surface area contributed by atoms with Crippen molar-refractivity contribution < 1.29 is 9.53 Å². The van der Waals surface area contributed by atoms with E-state index in [0.29, 0.717) is 18.7 Å². The fraction of sp³-hybridized carbons (Fsp3) is 0.364. The zero-order valence-corrected chi connectivity index (χ0v) is 16.9. The summed E-state index contributed by atoms with van der Waals surface area (Å²) >= 11 is 1.68. The van der Waals surface area contributed by atoms with Crippen molar-refractivity contribution in [1.82, 2.24) is 10.3 Å². The van der Waals surface area contributed by atoms with Crippen molar-refractivity contribution in [3.05, 3.63) is 53.6 Å². The van der Waals surface area contributed by atoms with Crippen LogP contribution in [0.5, 0.6) is 5.75 Å². The van der Waals surface area contributed by atoms with Crippen LogP contribution >= 0.6 is 11.3 Å². The molecule has 146 valence electrons. The Labute approximate surface area is 169 Å². The van der Waals surface area contributed by atoms with E-state index in [-0.39, 0.29) is 5.91 Å². The zero-order valence-electron chi connectivity index (χ0n) is 16.1. The highest BCUT2D eigenvalue weighted by Gasteiger charge is 2.16. The van der Waals surface area contributed by atoms with Crippen molar-refractivity contribution in [2.45, 2.75) is 32.7 Å². The first-order valence-electron chi connectivity index (χ1n) is 9.88. The summed E-state index contributed by atoms with van der Waals surface area (Å²) in [4.78, 5) is 19.7. The molecule has 1 amide bonds. The number of aromatic nitrogens is 1. The van der Waals surface area contributed by atoms with Gasteiger partial charge in [0.1, 0.15) is 5.75 Å². The molecule has 0 aliphatic carbocycles. The van der Waals surface area contributed by atoms with Crippen molar-refractivity contribution in [3.63, 3.8) is 0 Å². The number of amides is 1. The fourth-order valence-corrected chi connectivity index (χ4v) is 4.49. The van der Waals surface area contributed by atoms with Gasteiger partial charge in [0.25, 0.3) is 5.91 Å². The van der Waals surface area contributed by atoms with Crippen molar-refractivity contribution in [1.29, 1.82) is 0 Å². The van der Waals surface area contributed by atoms with E-state index in [0.717, 1.165) is 39.8 Å². The van der Waals surface area contributed by atoms with Gasteiger partial charge in [-0.3, -0.25) is 4.79 Å². The molecule has 1 fully saturated rings. The zero-order chi connectivity index (χ0) is 19.3. The van der Waals surface area contributed by atoms with Gasteiger partial charge >= 0.3 is 0 Å². The first kappa shape index (κ1) is 18.7. The molecule has 1 aliphatic rings.